The van der Waals surface area contributed by atoms with Crippen molar-refractivity contribution in [1.29, 1.82) is 0 Å². The van der Waals surface area contributed by atoms with E-state index in [9.17, 15) is 4.79 Å². The summed E-state index contributed by atoms with van der Waals surface area (Å²) < 4.78 is 5.42. The van der Waals surface area contributed by atoms with Crippen LogP contribution in [0.3, 0.4) is 0 Å². The molecule has 4 heteroatoms. The minimum Gasteiger partial charge on any atom is -0.482 e. The number of carbonyl (C=O) groups excluding carboxylic acids is 1. The topological polar surface area (TPSA) is 38.3 Å². The van der Waals surface area contributed by atoms with Crippen LogP contribution in [-0.2, 0) is 10.2 Å². The molecule has 0 aromatic heterocycles. The number of hydrogen-bond acceptors (Lipinski definition) is 2. The zero-order chi connectivity index (χ0) is 14.6. The molecule has 1 aromatic carbocycles. The van der Waals surface area contributed by atoms with Gasteiger partial charge in [-0.25, -0.2) is 0 Å². The normalized spacial score (nSPS) is 11.5. The van der Waals surface area contributed by atoms with Gasteiger partial charge in [-0.2, -0.15) is 0 Å². The number of amides is 1. The highest BCUT2D eigenvalue weighted by Crippen LogP contribution is 2.31. The van der Waals surface area contributed by atoms with Crippen LogP contribution in [0.25, 0.3) is 0 Å². The van der Waals surface area contributed by atoms with Gasteiger partial charge in [0.25, 0.3) is 5.91 Å². The summed E-state index contributed by atoms with van der Waals surface area (Å²) in [5.41, 5.74) is 1.17. The van der Waals surface area contributed by atoms with E-state index < -0.39 is 0 Å². The highest BCUT2D eigenvalue weighted by atomic mass is 35.5. The van der Waals surface area contributed by atoms with Crippen LogP contribution in [0.15, 0.2) is 18.2 Å². The fourth-order valence-electron chi connectivity index (χ4n) is 1.59. The lowest BCUT2D eigenvalue weighted by Gasteiger charge is -2.20. The fraction of sp³-hybridized carbons (Fsp3) is 0.533. The molecule has 106 valence electrons. The summed E-state index contributed by atoms with van der Waals surface area (Å²) in [5, 5.41) is 3.29. The van der Waals surface area contributed by atoms with Crippen LogP contribution in [0.4, 0.5) is 0 Å². The van der Waals surface area contributed by atoms with E-state index >= 15 is 0 Å². The Kier molecular flexibility index (Phi) is 5.24. The summed E-state index contributed by atoms with van der Waals surface area (Å²) in [4.78, 5) is 11.5. The molecule has 0 saturated heterocycles. The molecule has 0 radical (unpaired) electrons. The van der Waals surface area contributed by atoms with E-state index in [1.54, 1.807) is 0 Å². The molecular weight excluding hydrogens is 262 g/mol. The molecule has 1 N–H and O–H groups in total. The van der Waals surface area contributed by atoms with E-state index in [4.69, 9.17) is 16.3 Å². The van der Waals surface area contributed by atoms with E-state index in [0.29, 0.717) is 10.8 Å². The Morgan fingerprint density at radius 3 is 2.47 bits per heavy atom. The number of halogens is 1. The van der Waals surface area contributed by atoms with Crippen molar-refractivity contribution >= 4 is 17.5 Å². The first-order valence-electron chi connectivity index (χ1n) is 6.42. The molecule has 0 aliphatic heterocycles. The van der Waals surface area contributed by atoms with Crippen molar-refractivity contribution in [2.24, 2.45) is 0 Å². The van der Waals surface area contributed by atoms with Crippen LogP contribution in [-0.4, -0.2) is 18.6 Å². The molecule has 0 bridgehead atoms. The van der Waals surface area contributed by atoms with Gasteiger partial charge in [-0.15, -0.1) is 0 Å². The second kappa shape index (κ2) is 6.29. The molecule has 0 spiro atoms. The summed E-state index contributed by atoms with van der Waals surface area (Å²) in [6.45, 7) is 10.2. The van der Waals surface area contributed by atoms with Crippen molar-refractivity contribution in [3.8, 4) is 5.75 Å². The Balaban J connectivity index is 2.68. The van der Waals surface area contributed by atoms with Crippen molar-refractivity contribution in [3.63, 3.8) is 0 Å². The van der Waals surface area contributed by atoms with Crippen molar-refractivity contribution in [3.05, 3.63) is 28.8 Å². The van der Waals surface area contributed by atoms with E-state index in [1.165, 1.54) is 0 Å². The SMILES string of the molecule is CC(C)NC(=O)COc1ccc(C(C)(C)C)cc1Cl. The quantitative estimate of drug-likeness (QED) is 0.918. The smallest absolute Gasteiger partial charge is 0.258 e. The van der Waals surface area contributed by atoms with Gasteiger partial charge in [0.2, 0.25) is 0 Å². The minimum absolute atomic E-state index is 0.0211. The number of nitrogens with one attached hydrogen (secondary N) is 1. The highest BCUT2D eigenvalue weighted by Gasteiger charge is 2.15. The predicted octanol–water partition coefficient (Wildman–Crippen LogP) is 3.54. The molecule has 0 saturated carbocycles. The largest absolute Gasteiger partial charge is 0.482 e. The predicted molar refractivity (Wildman–Crippen MR) is 78.9 cm³/mol. The first-order valence-corrected chi connectivity index (χ1v) is 6.80. The second-order valence-electron chi connectivity index (χ2n) is 5.91. The third-order valence-corrected chi connectivity index (χ3v) is 2.90. The van der Waals surface area contributed by atoms with Crippen LogP contribution < -0.4 is 10.1 Å². The first kappa shape index (κ1) is 15.8. The Morgan fingerprint density at radius 1 is 1.37 bits per heavy atom. The number of benzene rings is 1. The van der Waals surface area contributed by atoms with Gasteiger partial charge in [0.15, 0.2) is 6.61 Å². The first-order chi connectivity index (χ1) is 8.70. The zero-order valence-electron chi connectivity index (χ0n) is 12.2. The number of ether oxygens (including phenoxy) is 1. The monoisotopic (exact) mass is 283 g/mol. The number of hydrogen-bond donors (Lipinski definition) is 1. The molecule has 0 unspecified atom stereocenters. The number of rotatable bonds is 4. The standard InChI is InChI=1S/C15H22ClNO2/c1-10(2)17-14(18)9-19-13-7-6-11(8-12(13)16)15(3,4)5/h6-8,10H,9H2,1-5H3,(H,17,18). The van der Waals surface area contributed by atoms with Gasteiger partial charge in [-0.3, -0.25) is 4.79 Å². The highest BCUT2D eigenvalue weighted by molar-refractivity contribution is 6.32. The van der Waals surface area contributed by atoms with Crippen molar-refractivity contribution in [2.75, 3.05) is 6.61 Å². The number of carbonyl (C=O) groups is 1. The van der Waals surface area contributed by atoms with E-state index in [0.717, 1.165) is 5.56 Å². The van der Waals surface area contributed by atoms with Crippen molar-refractivity contribution in [2.45, 2.75) is 46.1 Å². The maximum atomic E-state index is 11.5. The van der Waals surface area contributed by atoms with Crippen LogP contribution in [0.5, 0.6) is 5.75 Å². The lowest BCUT2D eigenvalue weighted by molar-refractivity contribution is -0.123. The molecule has 0 fully saturated rings. The molecule has 1 aromatic rings. The average Bonchev–Trinajstić information content (AvgIpc) is 2.25. The van der Waals surface area contributed by atoms with E-state index in [-0.39, 0.29) is 24.0 Å². The van der Waals surface area contributed by atoms with Gasteiger partial charge in [-0.05, 0) is 37.0 Å². The maximum absolute atomic E-state index is 11.5. The van der Waals surface area contributed by atoms with Crippen LogP contribution >= 0.6 is 11.6 Å². The summed E-state index contributed by atoms with van der Waals surface area (Å²) in [5.74, 6) is 0.388. The van der Waals surface area contributed by atoms with Gasteiger partial charge in [-0.1, -0.05) is 38.4 Å². The fourth-order valence-corrected chi connectivity index (χ4v) is 1.83. The van der Waals surface area contributed by atoms with Crippen LogP contribution in [0, 0.1) is 0 Å². The van der Waals surface area contributed by atoms with Gasteiger partial charge in [0.05, 0.1) is 5.02 Å². The van der Waals surface area contributed by atoms with Crippen molar-refractivity contribution < 1.29 is 9.53 Å². The molecule has 0 atom stereocenters. The zero-order valence-corrected chi connectivity index (χ0v) is 13.0. The Morgan fingerprint density at radius 2 is 2.00 bits per heavy atom. The van der Waals surface area contributed by atoms with Gasteiger partial charge in [0.1, 0.15) is 5.75 Å². The van der Waals surface area contributed by atoms with Gasteiger partial charge >= 0.3 is 0 Å². The van der Waals surface area contributed by atoms with Crippen molar-refractivity contribution in [1.82, 2.24) is 5.32 Å². The van der Waals surface area contributed by atoms with Gasteiger partial charge in [0, 0.05) is 6.04 Å². The maximum Gasteiger partial charge on any atom is 0.258 e. The minimum atomic E-state index is -0.147. The molecular formula is C15H22ClNO2. The molecule has 0 aliphatic carbocycles. The molecule has 1 rings (SSSR count). The molecule has 19 heavy (non-hydrogen) atoms. The Labute approximate surface area is 120 Å². The third-order valence-electron chi connectivity index (χ3n) is 2.61. The summed E-state index contributed by atoms with van der Waals surface area (Å²) in [7, 11) is 0. The summed E-state index contributed by atoms with van der Waals surface area (Å²) >= 11 is 6.17. The summed E-state index contributed by atoms with van der Waals surface area (Å²) in [6.07, 6.45) is 0. The average molecular weight is 284 g/mol. The van der Waals surface area contributed by atoms with E-state index in [2.05, 4.69) is 26.1 Å². The van der Waals surface area contributed by atoms with Crippen LogP contribution in [0.2, 0.25) is 5.02 Å². The summed E-state index contributed by atoms with van der Waals surface area (Å²) in [6, 6.07) is 5.78. The lowest BCUT2D eigenvalue weighted by atomic mass is 9.87. The lowest BCUT2D eigenvalue weighted by Crippen LogP contribution is -2.34. The molecule has 1 amide bonds. The van der Waals surface area contributed by atoms with Gasteiger partial charge < -0.3 is 10.1 Å². The molecule has 3 nitrogen and oxygen atoms in total. The van der Waals surface area contributed by atoms with E-state index in [1.807, 2.05) is 32.0 Å². The molecule has 0 aliphatic rings. The van der Waals surface area contributed by atoms with Crippen LogP contribution in [0.1, 0.15) is 40.2 Å². The third kappa shape index (κ3) is 5.11. The Hall–Kier alpha value is -1.22. The molecule has 0 heterocycles. The Bertz CT molecular complexity index is 450. The second-order valence-corrected chi connectivity index (χ2v) is 6.31.